The van der Waals surface area contributed by atoms with Crippen molar-refractivity contribution in [2.75, 3.05) is 17.7 Å². The van der Waals surface area contributed by atoms with Crippen molar-refractivity contribution < 1.29 is 5.11 Å². The fourth-order valence-corrected chi connectivity index (χ4v) is 1.08. The van der Waals surface area contributed by atoms with Gasteiger partial charge in [-0.2, -0.15) is 4.98 Å². The normalized spacial score (nSPS) is 11.4. The molecule has 5 nitrogen and oxygen atoms in total. The van der Waals surface area contributed by atoms with Crippen molar-refractivity contribution in [1.82, 2.24) is 9.97 Å². The van der Waals surface area contributed by atoms with E-state index in [1.807, 2.05) is 13.8 Å². The first-order valence-corrected chi connectivity index (χ1v) is 4.50. The molecule has 0 saturated carbocycles. The van der Waals surface area contributed by atoms with Crippen molar-refractivity contribution in [3.05, 3.63) is 11.2 Å². The average molecular weight is 217 g/mol. The Labute approximate surface area is 87.3 Å². The van der Waals surface area contributed by atoms with Crippen LogP contribution in [0.25, 0.3) is 0 Å². The molecule has 0 unspecified atom stereocenters. The minimum absolute atomic E-state index is 0.0193. The lowest BCUT2D eigenvalue weighted by Crippen LogP contribution is -2.35. The molecule has 1 rings (SSSR count). The Morgan fingerprint density at radius 1 is 1.57 bits per heavy atom. The Kier molecular flexibility index (Phi) is 3.13. The molecule has 0 fully saturated rings. The monoisotopic (exact) mass is 216 g/mol. The van der Waals surface area contributed by atoms with Crippen LogP contribution in [0.2, 0.25) is 5.15 Å². The summed E-state index contributed by atoms with van der Waals surface area (Å²) in [6.45, 7) is 3.65. The second-order valence-electron chi connectivity index (χ2n) is 3.60. The van der Waals surface area contributed by atoms with Crippen LogP contribution in [0.3, 0.4) is 0 Å². The van der Waals surface area contributed by atoms with Crippen molar-refractivity contribution in [1.29, 1.82) is 0 Å². The number of aromatic nitrogens is 2. The molecule has 0 aliphatic carbocycles. The number of nitrogens with zero attached hydrogens (tertiary/aromatic N) is 2. The molecule has 0 spiro atoms. The Bertz CT molecular complexity index is 309. The van der Waals surface area contributed by atoms with Gasteiger partial charge in [0.25, 0.3) is 0 Å². The molecule has 0 radical (unpaired) electrons. The number of aliphatic hydroxyl groups excluding tert-OH is 1. The van der Waals surface area contributed by atoms with Gasteiger partial charge in [0, 0.05) is 6.07 Å². The standard InChI is InChI=1S/C8H13ClN4O/c1-8(2,4-14)13-6-3-5(9)11-7(10)12-6/h3,14H,4H2,1-2H3,(H3,10,11,12,13). The number of rotatable bonds is 3. The van der Waals surface area contributed by atoms with Crippen LogP contribution in [0.4, 0.5) is 11.8 Å². The molecule has 0 saturated heterocycles. The van der Waals surface area contributed by atoms with E-state index >= 15 is 0 Å². The third kappa shape index (κ3) is 3.01. The first-order chi connectivity index (χ1) is 6.43. The predicted octanol–water partition coefficient (Wildman–Crippen LogP) is 0.895. The number of aliphatic hydroxyl groups is 1. The molecule has 0 aliphatic rings. The molecular weight excluding hydrogens is 204 g/mol. The van der Waals surface area contributed by atoms with Crippen LogP contribution in [0.1, 0.15) is 13.8 Å². The molecular formula is C8H13ClN4O. The number of nitrogens with one attached hydrogen (secondary N) is 1. The SMILES string of the molecule is CC(C)(CO)Nc1cc(Cl)nc(N)n1. The summed E-state index contributed by atoms with van der Waals surface area (Å²) in [5, 5.41) is 12.3. The van der Waals surface area contributed by atoms with E-state index in [0.29, 0.717) is 5.82 Å². The summed E-state index contributed by atoms with van der Waals surface area (Å²) in [6, 6.07) is 1.55. The molecule has 4 N–H and O–H groups in total. The first kappa shape index (κ1) is 11.0. The van der Waals surface area contributed by atoms with Gasteiger partial charge >= 0.3 is 0 Å². The number of hydrogen-bond donors (Lipinski definition) is 3. The summed E-state index contributed by atoms with van der Waals surface area (Å²) in [4.78, 5) is 7.65. The van der Waals surface area contributed by atoms with Crippen LogP contribution >= 0.6 is 11.6 Å². The van der Waals surface area contributed by atoms with Gasteiger partial charge in [0.05, 0.1) is 12.1 Å². The van der Waals surface area contributed by atoms with Crippen LogP contribution in [0.15, 0.2) is 6.07 Å². The third-order valence-electron chi connectivity index (χ3n) is 1.57. The Balaban J connectivity index is 2.87. The zero-order valence-corrected chi connectivity index (χ0v) is 8.84. The summed E-state index contributed by atoms with van der Waals surface area (Å²) in [6.07, 6.45) is 0. The van der Waals surface area contributed by atoms with E-state index in [9.17, 15) is 0 Å². The van der Waals surface area contributed by atoms with E-state index in [-0.39, 0.29) is 17.7 Å². The molecule has 1 aromatic heterocycles. The molecule has 0 aliphatic heterocycles. The lowest BCUT2D eigenvalue weighted by atomic mass is 10.1. The lowest BCUT2D eigenvalue weighted by molar-refractivity contribution is 0.234. The van der Waals surface area contributed by atoms with Gasteiger partial charge in [0.1, 0.15) is 11.0 Å². The van der Waals surface area contributed by atoms with Crippen LogP contribution in [-0.2, 0) is 0 Å². The Morgan fingerprint density at radius 3 is 2.71 bits per heavy atom. The minimum Gasteiger partial charge on any atom is -0.394 e. The van der Waals surface area contributed by atoms with Crippen LogP contribution in [0, 0.1) is 0 Å². The van der Waals surface area contributed by atoms with Crippen LogP contribution < -0.4 is 11.1 Å². The number of nitrogens with two attached hydrogens (primary N) is 1. The lowest BCUT2D eigenvalue weighted by Gasteiger charge is -2.24. The zero-order chi connectivity index (χ0) is 10.8. The maximum atomic E-state index is 9.02. The van der Waals surface area contributed by atoms with Gasteiger partial charge in [-0.1, -0.05) is 11.6 Å². The van der Waals surface area contributed by atoms with E-state index in [1.54, 1.807) is 6.07 Å². The molecule has 1 heterocycles. The molecule has 0 atom stereocenters. The van der Waals surface area contributed by atoms with E-state index < -0.39 is 5.54 Å². The van der Waals surface area contributed by atoms with E-state index in [1.165, 1.54) is 0 Å². The van der Waals surface area contributed by atoms with Gasteiger partial charge in [-0.25, -0.2) is 4.98 Å². The largest absolute Gasteiger partial charge is 0.394 e. The zero-order valence-electron chi connectivity index (χ0n) is 8.08. The first-order valence-electron chi connectivity index (χ1n) is 4.12. The van der Waals surface area contributed by atoms with Crippen LogP contribution in [0.5, 0.6) is 0 Å². The summed E-state index contributed by atoms with van der Waals surface area (Å²) < 4.78 is 0. The van der Waals surface area contributed by atoms with Crippen molar-refractivity contribution in [2.24, 2.45) is 0 Å². The van der Waals surface area contributed by atoms with Crippen molar-refractivity contribution in [2.45, 2.75) is 19.4 Å². The topological polar surface area (TPSA) is 84.1 Å². The van der Waals surface area contributed by atoms with Gasteiger partial charge in [-0.05, 0) is 13.8 Å². The third-order valence-corrected chi connectivity index (χ3v) is 1.77. The number of halogens is 1. The van der Waals surface area contributed by atoms with Crippen molar-refractivity contribution in [3.63, 3.8) is 0 Å². The number of anilines is 2. The molecule has 6 heteroatoms. The second-order valence-corrected chi connectivity index (χ2v) is 3.99. The summed E-state index contributed by atoms with van der Waals surface area (Å²) in [5.41, 5.74) is 4.94. The molecule has 14 heavy (non-hydrogen) atoms. The van der Waals surface area contributed by atoms with E-state index in [4.69, 9.17) is 22.4 Å². The Hall–Kier alpha value is -1.07. The predicted molar refractivity (Wildman–Crippen MR) is 56.2 cm³/mol. The molecule has 0 bridgehead atoms. The molecule has 0 amide bonds. The van der Waals surface area contributed by atoms with Gasteiger partial charge in [0.2, 0.25) is 5.95 Å². The quantitative estimate of drug-likeness (QED) is 0.654. The Morgan fingerprint density at radius 2 is 2.21 bits per heavy atom. The highest BCUT2D eigenvalue weighted by Gasteiger charge is 2.16. The summed E-state index contributed by atoms with van der Waals surface area (Å²) in [5.74, 6) is 0.607. The van der Waals surface area contributed by atoms with E-state index in [2.05, 4.69) is 15.3 Å². The number of hydrogen-bond acceptors (Lipinski definition) is 5. The maximum absolute atomic E-state index is 9.02. The average Bonchev–Trinajstić information content (AvgIpc) is 2.01. The smallest absolute Gasteiger partial charge is 0.223 e. The highest BCUT2D eigenvalue weighted by atomic mass is 35.5. The fourth-order valence-electron chi connectivity index (χ4n) is 0.885. The van der Waals surface area contributed by atoms with Gasteiger partial charge in [-0.15, -0.1) is 0 Å². The highest BCUT2D eigenvalue weighted by Crippen LogP contribution is 2.16. The summed E-state index contributed by atoms with van der Waals surface area (Å²) in [7, 11) is 0. The molecule has 1 aromatic rings. The highest BCUT2D eigenvalue weighted by molar-refractivity contribution is 6.29. The van der Waals surface area contributed by atoms with Gasteiger partial charge in [-0.3, -0.25) is 0 Å². The van der Waals surface area contributed by atoms with Gasteiger partial charge < -0.3 is 16.2 Å². The number of nitrogen functional groups attached to an aromatic ring is 1. The second kappa shape index (κ2) is 3.98. The fraction of sp³-hybridized carbons (Fsp3) is 0.500. The van der Waals surface area contributed by atoms with E-state index in [0.717, 1.165) is 0 Å². The molecule has 0 aromatic carbocycles. The van der Waals surface area contributed by atoms with Crippen molar-refractivity contribution in [3.8, 4) is 0 Å². The van der Waals surface area contributed by atoms with Crippen molar-refractivity contribution >= 4 is 23.4 Å². The minimum atomic E-state index is -0.468. The van der Waals surface area contributed by atoms with Crippen LogP contribution in [-0.4, -0.2) is 27.2 Å². The maximum Gasteiger partial charge on any atom is 0.223 e. The summed E-state index contributed by atoms with van der Waals surface area (Å²) >= 11 is 5.69. The van der Waals surface area contributed by atoms with Gasteiger partial charge in [0.15, 0.2) is 0 Å². The molecule has 78 valence electrons.